The summed E-state index contributed by atoms with van der Waals surface area (Å²) in [5.41, 5.74) is 2.90. The fourth-order valence-electron chi connectivity index (χ4n) is 5.40. The van der Waals surface area contributed by atoms with Gasteiger partial charge < -0.3 is 39.9 Å². The number of aliphatic hydroxyl groups excluding tert-OH is 3. The molecule has 3 aromatic rings. The van der Waals surface area contributed by atoms with Crippen LogP contribution in [0.2, 0.25) is 5.28 Å². The van der Waals surface area contributed by atoms with E-state index < -0.39 is 50.7 Å². The summed E-state index contributed by atoms with van der Waals surface area (Å²) in [6.07, 6.45) is -4.55. The van der Waals surface area contributed by atoms with Crippen molar-refractivity contribution in [3.63, 3.8) is 0 Å². The summed E-state index contributed by atoms with van der Waals surface area (Å²) >= 11 is 6.30. The summed E-state index contributed by atoms with van der Waals surface area (Å²) in [6.45, 7) is 3.62. The number of aliphatic hydroxyl groups is 3. The van der Waals surface area contributed by atoms with Crippen LogP contribution in [0.4, 0.5) is 11.6 Å². The predicted molar refractivity (Wildman–Crippen MR) is 156 cm³/mol. The lowest BCUT2D eigenvalue weighted by Crippen LogP contribution is -2.43. The molecule has 7 N–H and O–H groups in total. The van der Waals surface area contributed by atoms with E-state index in [2.05, 4.69) is 53.8 Å². The molecule has 1 aliphatic carbocycles. The lowest BCUT2D eigenvalue weighted by Gasteiger charge is -2.33. The third-order valence-electron chi connectivity index (χ3n) is 7.91. The molecule has 0 bridgehead atoms. The van der Waals surface area contributed by atoms with Gasteiger partial charge in [-0.2, -0.15) is 15.3 Å². The Balaban J connectivity index is 1.33. The first kappa shape index (κ1) is 32.3. The normalized spacial score (nSPS) is 24.6. The van der Waals surface area contributed by atoms with Crippen molar-refractivity contribution in [2.24, 2.45) is 5.10 Å². The highest BCUT2D eigenvalue weighted by Crippen LogP contribution is 2.53. The van der Waals surface area contributed by atoms with Crippen molar-refractivity contribution >= 4 is 37.5 Å². The van der Waals surface area contributed by atoms with Gasteiger partial charge in [-0.25, -0.2) is 9.99 Å². The highest BCUT2D eigenvalue weighted by molar-refractivity contribution is 7.53. The summed E-state index contributed by atoms with van der Waals surface area (Å²) < 4.78 is 23.9. The second-order valence-corrected chi connectivity index (χ2v) is 12.8. The molecule has 0 saturated carbocycles. The van der Waals surface area contributed by atoms with Crippen LogP contribution in [0.3, 0.4) is 0 Å². The van der Waals surface area contributed by atoms with Crippen molar-refractivity contribution in [3.05, 3.63) is 52.1 Å². The number of tetrazole rings is 1. The SMILES string of the molecule is C=NN(c1nc(Cl)nc(N[C@@H]2CCc3ccccc32)c1C)[C@@H]1O[C@H](CO[C@](CO)(CCc2nn[nH]n2)P(=O)(O)O)[C@@H](O)[C@H]1O. The van der Waals surface area contributed by atoms with E-state index >= 15 is 0 Å². The van der Waals surface area contributed by atoms with E-state index in [4.69, 9.17) is 21.1 Å². The minimum atomic E-state index is -5.09. The van der Waals surface area contributed by atoms with Crippen molar-refractivity contribution < 1.29 is 39.1 Å². The number of aromatic nitrogens is 6. The molecule has 0 amide bonds. The molecule has 19 heteroatoms. The standard InChI is InChI=1S/C25H33ClN9O8P/c1-13-21(28-16-8-7-14-5-3-4-6-15(14)16)29-24(26)30-22(13)35(27-2)23-20(38)19(37)17(43-23)11-42-25(12-36,44(39,40)41)10-9-18-31-33-34-32-18/h3-6,16-17,19-20,23,36-38H,2,7-12H2,1H3,(H,28,29,30)(H2,39,40,41)(H,31,32,33,34)/t16-,17-,19-,20-,23-,25-/m1/s1. The molecule has 2 aromatic heterocycles. The van der Waals surface area contributed by atoms with Gasteiger partial charge in [0.1, 0.15) is 24.1 Å². The third kappa shape index (κ3) is 6.33. The second kappa shape index (κ2) is 13.1. The smallest absolute Gasteiger partial charge is 0.359 e. The van der Waals surface area contributed by atoms with Gasteiger partial charge in [0.25, 0.3) is 0 Å². The van der Waals surface area contributed by atoms with E-state index in [0.717, 1.165) is 23.4 Å². The Morgan fingerprint density at radius 3 is 2.75 bits per heavy atom. The van der Waals surface area contributed by atoms with Crippen molar-refractivity contribution in [1.82, 2.24) is 30.6 Å². The van der Waals surface area contributed by atoms with Crippen LogP contribution in [-0.4, -0.2) is 106 Å². The number of H-pyrrole nitrogens is 1. The molecule has 2 aliphatic rings. The number of aryl methyl sites for hydroxylation is 2. The van der Waals surface area contributed by atoms with Gasteiger partial charge in [0.15, 0.2) is 23.2 Å². The number of nitrogens with zero attached hydrogens (tertiary/aromatic N) is 7. The highest BCUT2D eigenvalue weighted by atomic mass is 35.5. The molecular formula is C25H33ClN9O8P. The Morgan fingerprint density at radius 1 is 1.30 bits per heavy atom. The van der Waals surface area contributed by atoms with Crippen molar-refractivity contribution in [1.29, 1.82) is 0 Å². The Labute approximate surface area is 256 Å². The summed E-state index contributed by atoms with van der Waals surface area (Å²) in [5, 5.41) is 50.9. The average molecular weight is 654 g/mol. The highest BCUT2D eigenvalue weighted by Gasteiger charge is 2.51. The Bertz CT molecular complexity index is 1510. The van der Waals surface area contributed by atoms with Crippen LogP contribution in [-0.2, 0) is 26.9 Å². The number of fused-ring (bicyclic) bond motifs is 1. The van der Waals surface area contributed by atoms with E-state index in [-0.39, 0.29) is 35.8 Å². The van der Waals surface area contributed by atoms with Crippen LogP contribution in [0.1, 0.15) is 41.4 Å². The topological polar surface area (TPSA) is 245 Å². The molecule has 3 heterocycles. The number of hydrogen-bond acceptors (Lipinski definition) is 14. The van der Waals surface area contributed by atoms with Crippen molar-refractivity contribution in [2.75, 3.05) is 23.5 Å². The molecule has 238 valence electrons. The fourth-order valence-corrected chi connectivity index (χ4v) is 6.40. The maximum Gasteiger partial charge on any atom is 0.359 e. The summed E-state index contributed by atoms with van der Waals surface area (Å²) in [4.78, 5) is 28.8. The number of hydrazone groups is 1. The largest absolute Gasteiger partial charge is 0.393 e. The Morgan fingerprint density at radius 2 is 2.07 bits per heavy atom. The zero-order chi connectivity index (χ0) is 31.6. The number of hydrogen-bond donors (Lipinski definition) is 7. The quantitative estimate of drug-likeness (QED) is 0.0572. The monoisotopic (exact) mass is 653 g/mol. The molecule has 44 heavy (non-hydrogen) atoms. The number of aromatic amines is 1. The fraction of sp³-hybridized carbons (Fsp3) is 0.520. The Kier molecular flexibility index (Phi) is 9.60. The lowest BCUT2D eigenvalue weighted by atomic mass is 10.1. The van der Waals surface area contributed by atoms with Crippen LogP contribution in [0.25, 0.3) is 0 Å². The van der Waals surface area contributed by atoms with E-state index in [1.54, 1.807) is 6.92 Å². The molecule has 6 atom stereocenters. The molecule has 17 nitrogen and oxygen atoms in total. The molecule has 5 rings (SSSR count). The summed E-state index contributed by atoms with van der Waals surface area (Å²) in [5.74, 6) is 0.718. The van der Waals surface area contributed by atoms with E-state index in [0.29, 0.717) is 11.4 Å². The summed E-state index contributed by atoms with van der Waals surface area (Å²) in [7, 11) is -5.09. The molecule has 1 aromatic carbocycles. The van der Waals surface area contributed by atoms with Gasteiger partial charge in [0.2, 0.25) is 5.28 Å². The maximum absolute atomic E-state index is 12.4. The van der Waals surface area contributed by atoms with Gasteiger partial charge in [-0.3, -0.25) is 4.57 Å². The first-order valence-corrected chi connectivity index (χ1v) is 15.7. The number of anilines is 2. The molecule has 0 radical (unpaired) electrons. The number of rotatable bonds is 13. The zero-order valence-electron chi connectivity index (χ0n) is 23.6. The molecule has 0 spiro atoms. The average Bonchev–Trinajstić information content (AvgIpc) is 3.73. The first-order valence-electron chi connectivity index (χ1n) is 13.7. The molecule has 1 fully saturated rings. The van der Waals surface area contributed by atoms with Gasteiger partial charge in [0.05, 0.1) is 19.3 Å². The van der Waals surface area contributed by atoms with Crippen LogP contribution < -0.4 is 10.3 Å². The van der Waals surface area contributed by atoms with Crippen molar-refractivity contribution in [2.45, 2.75) is 68.5 Å². The van der Waals surface area contributed by atoms with E-state index in [9.17, 15) is 29.7 Å². The molecular weight excluding hydrogens is 621 g/mol. The molecule has 1 saturated heterocycles. The Hall–Kier alpha value is -3.12. The first-order chi connectivity index (χ1) is 21.0. The molecule has 0 unspecified atom stereocenters. The van der Waals surface area contributed by atoms with Crippen LogP contribution in [0, 0.1) is 6.92 Å². The molecule has 1 aliphatic heterocycles. The van der Waals surface area contributed by atoms with Crippen LogP contribution in [0.5, 0.6) is 0 Å². The van der Waals surface area contributed by atoms with Crippen molar-refractivity contribution in [3.8, 4) is 0 Å². The zero-order valence-corrected chi connectivity index (χ0v) is 25.2. The maximum atomic E-state index is 12.4. The van der Waals surface area contributed by atoms with Crippen LogP contribution >= 0.6 is 19.2 Å². The van der Waals surface area contributed by atoms with Gasteiger partial charge in [-0.1, -0.05) is 29.5 Å². The minimum absolute atomic E-state index is 0.0218. The van der Waals surface area contributed by atoms with E-state index in [1.165, 1.54) is 5.56 Å². The van der Waals surface area contributed by atoms with Gasteiger partial charge in [-0.05, 0) is 48.9 Å². The number of halogens is 1. The van der Waals surface area contributed by atoms with Gasteiger partial charge in [-0.15, -0.1) is 10.2 Å². The lowest BCUT2D eigenvalue weighted by molar-refractivity contribution is -0.102. The van der Waals surface area contributed by atoms with Gasteiger partial charge in [0, 0.05) is 18.7 Å². The van der Waals surface area contributed by atoms with Crippen LogP contribution in [0.15, 0.2) is 29.4 Å². The summed E-state index contributed by atoms with van der Waals surface area (Å²) in [6, 6.07) is 8.06. The number of nitrogens with one attached hydrogen (secondary N) is 2. The third-order valence-corrected chi connectivity index (χ3v) is 9.63. The number of benzene rings is 1. The predicted octanol–water partition coefficient (Wildman–Crippen LogP) is 0.435. The second-order valence-electron chi connectivity index (χ2n) is 10.5. The van der Waals surface area contributed by atoms with E-state index in [1.807, 2.05) is 18.2 Å². The number of ether oxygens (including phenoxy) is 2. The van der Waals surface area contributed by atoms with Gasteiger partial charge >= 0.3 is 7.60 Å². The minimum Gasteiger partial charge on any atom is -0.393 e.